The van der Waals surface area contributed by atoms with Crippen LogP contribution in [0.5, 0.6) is 0 Å². The summed E-state index contributed by atoms with van der Waals surface area (Å²) in [5.74, 6) is 0.888. The topological polar surface area (TPSA) is 60.1 Å². The van der Waals surface area contributed by atoms with Gasteiger partial charge in [0.05, 0.1) is 19.1 Å². The SMILES string of the molecule is Cc1cc(=O)n(CCNCc2ccco2)cn1. The smallest absolute Gasteiger partial charge is 0.253 e. The highest BCUT2D eigenvalue weighted by Crippen LogP contribution is 1.97. The Kier molecular flexibility index (Phi) is 3.72. The molecule has 17 heavy (non-hydrogen) atoms. The van der Waals surface area contributed by atoms with Gasteiger partial charge in [0.25, 0.3) is 5.56 Å². The fourth-order valence-electron chi connectivity index (χ4n) is 1.51. The van der Waals surface area contributed by atoms with Crippen LogP contribution < -0.4 is 10.9 Å². The summed E-state index contributed by atoms with van der Waals surface area (Å²) in [5, 5.41) is 3.20. The molecule has 90 valence electrons. The third-order valence-electron chi connectivity index (χ3n) is 2.43. The van der Waals surface area contributed by atoms with Crippen LogP contribution in [-0.4, -0.2) is 16.1 Å². The number of nitrogens with one attached hydrogen (secondary N) is 1. The fourth-order valence-corrected chi connectivity index (χ4v) is 1.51. The van der Waals surface area contributed by atoms with Gasteiger partial charge in [0.2, 0.25) is 0 Å². The zero-order chi connectivity index (χ0) is 12.1. The number of hydrogen-bond acceptors (Lipinski definition) is 4. The summed E-state index contributed by atoms with van der Waals surface area (Å²) in [7, 11) is 0. The number of rotatable bonds is 5. The van der Waals surface area contributed by atoms with Gasteiger partial charge in [0.15, 0.2) is 0 Å². The van der Waals surface area contributed by atoms with Crippen LogP contribution in [0.2, 0.25) is 0 Å². The molecule has 0 aliphatic heterocycles. The molecule has 0 fully saturated rings. The van der Waals surface area contributed by atoms with E-state index in [1.54, 1.807) is 24.1 Å². The highest BCUT2D eigenvalue weighted by atomic mass is 16.3. The maximum absolute atomic E-state index is 11.5. The average molecular weight is 233 g/mol. The van der Waals surface area contributed by atoms with Crippen molar-refractivity contribution in [3.63, 3.8) is 0 Å². The van der Waals surface area contributed by atoms with Crippen LogP contribution in [0.25, 0.3) is 0 Å². The van der Waals surface area contributed by atoms with Crippen molar-refractivity contribution >= 4 is 0 Å². The van der Waals surface area contributed by atoms with Crippen molar-refractivity contribution in [2.45, 2.75) is 20.0 Å². The second-order valence-electron chi connectivity index (χ2n) is 3.82. The summed E-state index contributed by atoms with van der Waals surface area (Å²) >= 11 is 0. The minimum Gasteiger partial charge on any atom is -0.468 e. The molecule has 5 heteroatoms. The van der Waals surface area contributed by atoms with E-state index in [1.807, 2.05) is 12.1 Å². The molecule has 0 aliphatic carbocycles. The summed E-state index contributed by atoms with van der Waals surface area (Å²) < 4.78 is 6.77. The van der Waals surface area contributed by atoms with Crippen molar-refractivity contribution in [2.75, 3.05) is 6.54 Å². The average Bonchev–Trinajstić information content (AvgIpc) is 2.79. The van der Waals surface area contributed by atoms with Crippen LogP contribution in [0.15, 0.2) is 40.0 Å². The summed E-state index contributed by atoms with van der Waals surface area (Å²) in [4.78, 5) is 15.6. The molecule has 0 unspecified atom stereocenters. The van der Waals surface area contributed by atoms with E-state index < -0.39 is 0 Å². The van der Waals surface area contributed by atoms with E-state index in [9.17, 15) is 4.79 Å². The zero-order valence-corrected chi connectivity index (χ0v) is 9.72. The lowest BCUT2D eigenvalue weighted by molar-refractivity contribution is 0.473. The Morgan fingerprint density at radius 1 is 1.53 bits per heavy atom. The van der Waals surface area contributed by atoms with Crippen LogP contribution in [0.4, 0.5) is 0 Å². The van der Waals surface area contributed by atoms with E-state index in [0.717, 1.165) is 11.5 Å². The van der Waals surface area contributed by atoms with Gasteiger partial charge in [-0.2, -0.15) is 0 Å². The molecule has 0 radical (unpaired) electrons. The number of furan rings is 1. The number of nitrogens with zero attached hydrogens (tertiary/aromatic N) is 2. The third kappa shape index (κ3) is 3.29. The Labute approximate surface area is 99.1 Å². The first-order valence-corrected chi connectivity index (χ1v) is 5.52. The van der Waals surface area contributed by atoms with Gasteiger partial charge in [-0.05, 0) is 19.1 Å². The first-order valence-electron chi connectivity index (χ1n) is 5.52. The largest absolute Gasteiger partial charge is 0.468 e. The number of aryl methyl sites for hydroxylation is 1. The molecule has 0 atom stereocenters. The zero-order valence-electron chi connectivity index (χ0n) is 9.72. The quantitative estimate of drug-likeness (QED) is 0.781. The van der Waals surface area contributed by atoms with E-state index in [4.69, 9.17) is 4.42 Å². The van der Waals surface area contributed by atoms with Crippen molar-refractivity contribution in [1.29, 1.82) is 0 Å². The molecule has 1 N–H and O–H groups in total. The van der Waals surface area contributed by atoms with Gasteiger partial charge in [-0.1, -0.05) is 0 Å². The molecule has 0 saturated heterocycles. The van der Waals surface area contributed by atoms with E-state index in [1.165, 1.54) is 6.07 Å². The molecule has 2 rings (SSSR count). The summed E-state index contributed by atoms with van der Waals surface area (Å²) in [5.41, 5.74) is 0.729. The van der Waals surface area contributed by atoms with Crippen LogP contribution in [0.3, 0.4) is 0 Å². The first-order chi connectivity index (χ1) is 8.25. The van der Waals surface area contributed by atoms with Crippen LogP contribution in [0.1, 0.15) is 11.5 Å². The highest BCUT2D eigenvalue weighted by Gasteiger charge is 1.98. The monoisotopic (exact) mass is 233 g/mol. The molecule has 0 amide bonds. The van der Waals surface area contributed by atoms with Crippen molar-refractivity contribution in [3.05, 3.63) is 52.6 Å². The maximum Gasteiger partial charge on any atom is 0.253 e. The van der Waals surface area contributed by atoms with Crippen molar-refractivity contribution in [2.24, 2.45) is 0 Å². The van der Waals surface area contributed by atoms with Gasteiger partial charge in [-0.25, -0.2) is 4.98 Å². The van der Waals surface area contributed by atoms with Gasteiger partial charge in [-0.15, -0.1) is 0 Å². The minimum absolute atomic E-state index is 0.0164. The molecule has 5 nitrogen and oxygen atoms in total. The normalized spacial score (nSPS) is 10.6. The molecule has 2 aromatic rings. The van der Waals surface area contributed by atoms with E-state index in [0.29, 0.717) is 19.6 Å². The Morgan fingerprint density at radius 2 is 2.41 bits per heavy atom. The summed E-state index contributed by atoms with van der Waals surface area (Å²) in [6.45, 7) is 3.78. The van der Waals surface area contributed by atoms with Crippen LogP contribution in [0, 0.1) is 6.92 Å². The Balaban J connectivity index is 1.80. The molecule has 0 aliphatic rings. The lowest BCUT2D eigenvalue weighted by atomic mass is 10.4. The second kappa shape index (κ2) is 5.45. The van der Waals surface area contributed by atoms with E-state index in [-0.39, 0.29) is 5.56 Å². The molecular formula is C12H15N3O2. The third-order valence-corrected chi connectivity index (χ3v) is 2.43. The van der Waals surface area contributed by atoms with Crippen LogP contribution in [-0.2, 0) is 13.1 Å². The minimum atomic E-state index is -0.0164. The molecule has 2 heterocycles. The van der Waals surface area contributed by atoms with E-state index in [2.05, 4.69) is 10.3 Å². The first kappa shape index (κ1) is 11.6. The lowest BCUT2D eigenvalue weighted by Gasteiger charge is -2.05. The molecular weight excluding hydrogens is 218 g/mol. The molecule has 2 aromatic heterocycles. The fraction of sp³-hybridized carbons (Fsp3) is 0.333. The van der Waals surface area contributed by atoms with Gasteiger partial charge in [0, 0.05) is 24.8 Å². The molecule has 0 spiro atoms. The van der Waals surface area contributed by atoms with Crippen molar-refractivity contribution in [3.8, 4) is 0 Å². The lowest BCUT2D eigenvalue weighted by Crippen LogP contribution is -2.26. The maximum atomic E-state index is 11.5. The van der Waals surface area contributed by atoms with Crippen molar-refractivity contribution in [1.82, 2.24) is 14.9 Å². The van der Waals surface area contributed by atoms with Gasteiger partial charge in [0.1, 0.15) is 5.76 Å². The number of hydrogen-bond donors (Lipinski definition) is 1. The molecule has 0 bridgehead atoms. The Bertz CT molecular complexity index is 517. The standard InChI is InChI=1S/C12H15N3O2/c1-10-7-12(16)15(9-14-10)5-4-13-8-11-3-2-6-17-11/h2-3,6-7,9,13H,4-5,8H2,1H3. The predicted octanol–water partition coefficient (Wildman–Crippen LogP) is 0.935. The molecule has 0 saturated carbocycles. The number of aromatic nitrogens is 2. The predicted molar refractivity (Wildman–Crippen MR) is 63.6 cm³/mol. The van der Waals surface area contributed by atoms with Gasteiger partial charge < -0.3 is 9.73 Å². The van der Waals surface area contributed by atoms with E-state index >= 15 is 0 Å². The van der Waals surface area contributed by atoms with Gasteiger partial charge >= 0.3 is 0 Å². The highest BCUT2D eigenvalue weighted by molar-refractivity contribution is 4.97. The Hall–Kier alpha value is -1.88. The summed E-state index contributed by atoms with van der Waals surface area (Å²) in [6, 6.07) is 5.30. The summed E-state index contributed by atoms with van der Waals surface area (Å²) in [6.07, 6.45) is 3.22. The van der Waals surface area contributed by atoms with Crippen molar-refractivity contribution < 1.29 is 4.42 Å². The van der Waals surface area contributed by atoms with Gasteiger partial charge in [-0.3, -0.25) is 9.36 Å². The van der Waals surface area contributed by atoms with Crippen LogP contribution >= 0.6 is 0 Å². The Morgan fingerprint density at radius 3 is 3.12 bits per heavy atom. The second-order valence-corrected chi connectivity index (χ2v) is 3.82. The molecule has 0 aromatic carbocycles.